The normalized spacial score (nSPS) is 12.8. The van der Waals surface area contributed by atoms with E-state index in [9.17, 15) is 19.5 Å². The molecule has 0 saturated carbocycles. The molecule has 1 unspecified atom stereocenters. The van der Waals surface area contributed by atoms with E-state index in [0.29, 0.717) is 18.4 Å². The van der Waals surface area contributed by atoms with Crippen molar-refractivity contribution in [2.45, 2.75) is 58.8 Å². The Labute approximate surface area is 215 Å². The van der Waals surface area contributed by atoms with E-state index >= 15 is 0 Å². The zero-order chi connectivity index (χ0) is 27.1. The van der Waals surface area contributed by atoms with Gasteiger partial charge in [-0.05, 0) is 68.0 Å². The Bertz CT molecular complexity index is 1410. The molecule has 196 valence electrons. The largest absolute Gasteiger partial charge is 0.507 e. The number of carboxylic acid groups (broad SMARTS) is 1. The number of aromatic hydroxyl groups is 1. The van der Waals surface area contributed by atoms with Crippen molar-refractivity contribution in [2.75, 3.05) is 0 Å². The van der Waals surface area contributed by atoms with Crippen molar-refractivity contribution < 1.29 is 24.2 Å². The second-order valence-corrected chi connectivity index (χ2v) is 9.31. The minimum absolute atomic E-state index is 0.230. The summed E-state index contributed by atoms with van der Waals surface area (Å²) in [5.41, 5.74) is 2.15. The molecule has 8 nitrogen and oxygen atoms in total. The van der Waals surface area contributed by atoms with Gasteiger partial charge in [-0.25, -0.2) is 9.59 Å². The van der Waals surface area contributed by atoms with Crippen molar-refractivity contribution in [2.24, 2.45) is 7.05 Å². The van der Waals surface area contributed by atoms with Gasteiger partial charge in [-0.2, -0.15) is 0 Å². The number of benzene rings is 1. The van der Waals surface area contributed by atoms with E-state index in [1.807, 2.05) is 24.6 Å². The van der Waals surface area contributed by atoms with Gasteiger partial charge in [-0.15, -0.1) is 0 Å². The molecule has 8 heteroatoms. The standard InChI is InChI=1S/C29H34N2O6/c1-5-6-10-20-11-12-23-21(15-20)16-22(31(23)4)14-19(3)27(33)26-24(32)17-25(37-28(26)34)18(2)9-7-8-13-30-29(35)36/h8,11-18,30,32H,5-7,9-10H2,1-4H3,(H,35,36)/b13-8+,19-14+. The predicted octanol–water partition coefficient (Wildman–Crippen LogP) is 6.13. The second-order valence-electron chi connectivity index (χ2n) is 9.31. The van der Waals surface area contributed by atoms with Crippen LogP contribution in [0.25, 0.3) is 17.0 Å². The summed E-state index contributed by atoms with van der Waals surface area (Å²) in [6.07, 6.45) is 7.88. The van der Waals surface area contributed by atoms with Crippen molar-refractivity contribution in [3.8, 4) is 5.75 Å². The Hall–Kier alpha value is -4.07. The van der Waals surface area contributed by atoms with Gasteiger partial charge < -0.3 is 19.2 Å². The molecular formula is C29H34N2O6. The highest BCUT2D eigenvalue weighted by atomic mass is 16.4. The smallest absolute Gasteiger partial charge is 0.408 e. The molecule has 1 aromatic carbocycles. The average Bonchev–Trinajstić information content (AvgIpc) is 3.15. The molecule has 0 radical (unpaired) electrons. The first kappa shape index (κ1) is 27.5. The molecule has 0 saturated heterocycles. The molecular weight excluding hydrogens is 472 g/mol. The molecule has 3 aromatic rings. The molecule has 0 bridgehead atoms. The quantitative estimate of drug-likeness (QED) is 0.212. The topological polar surface area (TPSA) is 122 Å². The van der Waals surface area contributed by atoms with Crippen molar-refractivity contribution >= 4 is 28.9 Å². The van der Waals surface area contributed by atoms with E-state index < -0.39 is 28.8 Å². The zero-order valence-electron chi connectivity index (χ0n) is 21.7. The van der Waals surface area contributed by atoms with E-state index in [1.54, 1.807) is 19.1 Å². The molecule has 2 aromatic heterocycles. The van der Waals surface area contributed by atoms with E-state index in [2.05, 4.69) is 30.4 Å². The molecule has 2 heterocycles. The lowest BCUT2D eigenvalue weighted by molar-refractivity contribution is 0.102. The molecule has 1 atom stereocenters. The van der Waals surface area contributed by atoms with Crippen molar-refractivity contribution in [1.82, 2.24) is 9.88 Å². The number of aryl methyl sites for hydroxylation is 2. The van der Waals surface area contributed by atoms with Gasteiger partial charge >= 0.3 is 11.7 Å². The summed E-state index contributed by atoms with van der Waals surface area (Å²) in [5, 5.41) is 22.3. The van der Waals surface area contributed by atoms with Crippen LogP contribution in [-0.4, -0.2) is 26.7 Å². The van der Waals surface area contributed by atoms with Crippen molar-refractivity contribution in [3.05, 3.63) is 81.2 Å². The molecule has 0 aliphatic heterocycles. The summed E-state index contributed by atoms with van der Waals surface area (Å²) in [5.74, 6) is -0.988. The van der Waals surface area contributed by atoms with Crippen LogP contribution in [0.1, 0.15) is 79.7 Å². The van der Waals surface area contributed by atoms with E-state index in [0.717, 1.165) is 35.9 Å². The average molecular weight is 507 g/mol. The number of carbonyl (C=O) groups excluding carboxylic acids is 1. The Kier molecular flexibility index (Phi) is 9.11. The maximum Gasteiger partial charge on any atom is 0.408 e. The molecule has 3 rings (SSSR count). The molecule has 1 amide bonds. The van der Waals surface area contributed by atoms with Gasteiger partial charge in [0.05, 0.1) is 0 Å². The minimum Gasteiger partial charge on any atom is -0.507 e. The first-order chi connectivity index (χ1) is 17.6. The molecule has 0 spiro atoms. The summed E-state index contributed by atoms with van der Waals surface area (Å²) < 4.78 is 7.37. The fourth-order valence-corrected chi connectivity index (χ4v) is 4.23. The van der Waals surface area contributed by atoms with Crippen LogP contribution in [0.3, 0.4) is 0 Å². The first-order valence-corrected chi connectivity index (χ1v) is 12.4. The second kappa shape index (κ2) is 12.3. The van der Waals surface area contributed by atoms with Crippen molar-refractivity contribution in [3.63, 3.8) is 0 Å². The Morgan fingerprint density at radius 2 is 1.97 bits per heavy atom. The van der Waals surface area contributed by atoms with Crippen LogP contribution in [0.15, 0.2) is 57.4 Å². The van der Waals surface area contributed by atoms with E-state index in [-0.39, 0.29) is 11.7 Å². The zero-order valence-corrected chi connectivity index (χ0v) is 21.7. The number of allylic oxidation sites excluding steroid dienone is 2. The van der Waals surface area contributed by atoms with Crippen LogP contribution >= 0.6 is 0 Å². The van der Waals surface area contributed by atoms with Gasteiger partial charge in [-0.3, -0.25) is 10.1 Å². The Morgan fingerprint density at radius 1 is 1.22 bits per heavy atom. The number of nitrogens with one attached hydrogen (secondary N) is 1. The number of nitrogens with zero attached hydrogens (tertiary/aromatic N) is 1. The van der Waals surface area contributed by atoms with Crippen molar-refractivity contribution in [1.29, 1.82) is 0 Å². The van der Waals surface area contributed by atoms with Gasteiger partial charge in [-0.1, -0.05) is 32.4 Å². The molecule has 0 aliphatic rings. The molecule has 0 fully saturated rings. The number of rotatable bonds is 11. The summed E-state index contributed by atoms with van der Waals surface area (Å²) in [7, 11) is 1.92. The minimum atomic E-state index is -1.15. The third kappa shape index (κ3) is 6.78. The van der Waals surface area contributed by atoms with Gasteiger partial charge in [0.15, 0.2) is 5.78 Å². The lowest BCUT2D eigenvalue weighted by Gasteiger charge is -2.11. The van der Waals surface area contributed by atoms with Crippen LogP contribution in [0.2, 0.25) is 0 Å². The highest BCUT2D eigenvalue weighted by Crippen LogP contribution is 2.27. The lowest BCUT2D eigenvalue weighted by Crippen LogP contribution is -2.16. The van der Waals surface area contributed by atoms with E-state index in [1.165, 1.54) is 17.8 Å². The molecule has 37 heavy (non-hydrogen) atoms. The summed E-state index contributed by atoms with van der Waals surface area (Å²) in [6.45, 7) is 5.59. The van der Waals surface area contributed by atoms with Gasteiger partial charge in [0.1, 0.15) is 17.1 Å². The van der Waals surface area contributed by atoms with Gasteiger partial charge in [0.2, 0.25) is 0 Å². The number of ketones is 1. The third-order valence-corrected chi connectivity index (χ3v) is 6.44. The fourth-order valence-electron chi connectivity index (χ4n) is 4.23. The number of fused-ring (bicyclic) bond motifs is 1. The first-order valence-electron chi connectivity index (χ1n) is 12.4. The highest BCUT2D eigenvalue weighted by molar-refractivity contribution is 6.12. The number of aromatic nitrogens is 1. The maximum absolute atomic E-state index is 13.1. The van der Waals surface area contributed by atoms with Crippen LogP contribution in [0.4, 0.5) is 4.79 Å². The lowest BCUT2D eigenvalue weighted by atomic mass is 9.99. The number of carbonyl (C=O) groups is 2. The summed E-state index contributed by atoms with van der Waals surface area (Å²) >= 11 is 0. The van der Waals surface area contributed by atoms with E-state index in [4.69, 9.17) is 9.52 Å². The van der Waals surface area contributed by atoms with Crippen LogP contribution in [-0.2, 0) is 13.5 Å². The number of hydrogen-bond donors (Lipinski definition) is 3. The molecule has 0 aliphatic carbocycles. The maximum atomic E-state index is 13.1. The Morgan fingerprint density at radius 3 is 2.65 bits per heavy atom. The monoisotopic (exact) mass is 506 g/mol. The highest BCUT2D eigenvalue weighted by Gasteiger charge is 2.22. The summed E-state index contributed by atoms with van der Waals surface area (Å²) in [4.78, 5) is 36.2. The number of amides is 1. The van der Waals surface area contributed by atoms with Crippen LogP contribution in [0, 0.1) is 0 Å². The Balaban J connectivity index is 1.80. The van der Waals surface area contributed by atoms with Crippen LogP contribution < -0.4 is 10.9 Å². The predicted molar refractivity (Wildman–Crippen MR) is 144 cm³/mol. The number of unbranched alkanes of at least 4 members (excludes halogenated alkanes) is 1. The van der Waals surface area contributed by atoms with Gasteiger partial charge in [0, 0.05) is 41.8 Å². The fraction of sp³-hybridized carbons (Fsp3) is 0.345. The SMILES string of the molecule is CCCCc1ccc2c(c1)cc(/C=C(\C)C(=O)c1c(O)cc(C(C)CC/C=C/NC(=O)O)oc1=O)n2C. The number of Topliss-reactive ketones (excluding diaryl/α,β-unsaturated/α-hetero) is 1. The molecule has 3 N–H and O–H groups in total. The third-order valence-electron chi connectivity index (χ3n) is 6.44. The van der Waals surface area contributed by atoms with Crippen LogP contribution in [0.5, 0.6) is 5.75 Å². The van der Waals surface area contributed by atoms with Gasteiger partial charge in [0.25, 0.3) is 0 Å². The summed E-state index contributed by atoms with van der Waals surface area (Å²) in [6, 6.07) is 9.68. The number of hydrogen-bond acceptors (Lipinski definition) is 5.